The maximum atomic E-state index is 12.5. The van der Waals surface area contributed by atoms with Crippen LogP contribution in [0.2, 0.25) is 0 Å². The van der Waals surface area contributed by atoms with Gasteiger partial charge in [-0.15, -0.1) is 0 Å². The number of hydrogen-bond acceptors (Lipinski definition) is 6. The fourth-order valence-corrected chi connectivity index (χ4v) is 2.22. The normalized spacial score (nSPS) is 19.7. The van der Waals surface area contributed by atoms with E-state index < -0.39 is 22.3 Å². The summed E-state index contributed by atoms with van der Waals surface area (Å²) >= 11 is 0. The van der Waals surface area contributed by atoms with Crippen LogP contribution in [-0.2, 0) is 12.7 Å². The minimum Gasteiger partial charge on any atom is -0.473 e. The lowest BCUT2D eigenvalue weighted by atomic mass is 10.1. The molecule has 0 saturated heterocycles. The van der Waals surface area contributed by atoms with Gasteiger partial charge in [-0.1, -0.05) is 0 Å². The lowest BCUT2D eigenvalue weighted by Crippen LogP contribution is -2.38. The zero-order valence-electron chi connectivity index (χ0n) is 12.3. The number of rotatable bonds is 4. The van der Waals surface area contributed by atoms with Crippen LogP contribution >= 0.6 is 0 Å². The number of nitro groups is 1. The van der Waals surface area contributed by atoms with E-state index in [1.165, 1.54) is 10.8 Å². The van der Waals surface area contributed by atoms with E-state index in [0.29, 0.717) is 6.20 Å². The number of nitrogens with zero attached hydrogens (tertiary/aromatic N) is 4. The zero-order chi connectivity index (χ0) is 17.5. The Morgan fingerprint density at radius 1 is 1.50 bits per heavy atom. The van der Waals surface area contributed by atoms with Crippen LogP contribution < -0.4 is 9.47 Å². The lowest BCUT2D eigenvalue weighted by Gasteiger charge is -2.21. The van der Waals surface area contributed by atoms with Crippen molar-refractivity contribution in [2.24, 2.45) is 0 Å². The molecule has 8 nitrogen and oxygen atoms in total. The summed E-state index contributed by atoms with van der Waals surface area (Å²) in [5.41, 5.74) is -1.73. The Bertz CT molecular complexity index is 749. The third-order valence-electron chi connectivity index (χ3n) is 3.35. The zero-order valence-corrected chi connectivity index (χ0v) is 12.3. The van der Waals surface area contributed by atoms with Gasteiger partial charge in [0, 0.05) is 17.2 Å². The SMILES string of the molecule is CC1(COc2ccc(C(F)(F)F)cn2)Cn2cc([N+](=O)[O-])nc2O1. The van der Waals surface area contributed by atoms with Crippen LogP contribution in [0, 0.1) is 10.1 Å². The van der Waals surface area contributed by atoms with Gasteiger partial charge in [0.2, 0.25) is 5.88 Å². The first-order valence-corrected chi connectivity index (χ1v) is 6.73. The summed E-state index contributed by atoms with van der Waals surface area (Å²) in [4.78, 5) is 17.3. The Morgan fingerprint density at radius 2 is 2.25 bits per heavy atom. The van der Waals surface area contributed by atoms with Crippen LogP contribution in [0.1, 0.15) is 12.5 Å². The average molecular weight is 344 g/mol. The maximum Gasteiger partial charge on any atom is 0.417 e. The van der Waals surface area contributed by atoms with Gasteiger partial charge in [-0.25, -0.2) is 4.98 Å². The molecule has 0 spiro atoms. The molecule has 2 aromatic heterocycles. The summed E-state index contributed by atoms with van der Waals surface area (Å²) in [6, 6.07) is 2.08. The molecule has 0 fully saturated rings. The molecule has 1 aliphatic heterocycles. The van der Waals surface area contributed by atoms with Gasteiger partial charge < -0.3 is 19.6 Å². The Kier molecular flexibility index (Phi) is 3.57. The first-order chi connectivity index (χ1) is 11.2. The summed E-state index contributed by atoms with van der Waals surface area (Å²) in [5, 5.41) is 10.6. The van der Waals surface area contributed by atoms with Crippen LogP contribution in [0.5, 0.6) is 11.9 Å². The van der Waals surface area contributed by atoms with E-state index in [2.05, 4.69) is 9.97 Å². The second-order valence-corrected chi connectivity index (χ2v) is 5.49. The highest BCUT2D eigenvalue weighted by Crippen LogP contribution is 2.32. The lowest BCUT2D eigenvalue weighted by molar-refractivity contribution is -0.389. The van der Waals surface area contributed by atoms with Crippen LogP contribution in [0.15, 0.2) is 24.5 Å². The Hall–Kier alpha value is -2.85. The molecule has 1 aliphatic rings. The number of imidazole rings is 1. The van der Waals surface area contributed by atoms with Crippen molar-refractivity contribution in [2.75, 3.05) is 6.61 Å². The molecular formula is C13H11F3N4O4. The monoisotopic (exact) mass is 344 g/mol. The molecule has 0 amide bonds. The van der Waals surface area contributed by atoms with Crippen molar-refractivity contribution >= 4 is 5.82 Å². The summed E-state index contributed by atoms with van der Waals surface area (Å²) < 4.78 is 49.8. The Morgan fingerprint density at radius 3 is 2.79 bits per heavy atom. The molecule has 0 saturated carbocycles. The van der Waals surface area contributed by atoms with Gasteiger partial charge in [0.1, 0.15) is 12.8 Å². The predicted octanol–water partition coefficient (Wildman–Crippen LogP) is 2.44. The van der Waals surface area contributed by atoms with E-state index in [0.717, 1.165) is 12.1 Å². The second kappa shape index (κ2) is 5.35. The van der Waals surface area contributed by atoms with Crippen molar-refractivity contribution < 1.29 is 27.6 Å². The standard InChI is InChI=1S/C13H11F3N4O4/c1-12(6-19-5-9(20(21)22)18-11(19)24-12)7-23-10-3-2-8(4-17-10)13(14,15)16/h2-5H,6-7H2,1H3. The molecule has 0 bridgehead atoms. The van der Waals surface area contributed by atoms with E-state index in [9.17, 15) is 23.3 Å². The summed E-state index contributed by atoms with van der Waals surface area (Å²) in [7, 11) is 0. The van der Waals surface area contributed by atoms with Gasteiger partial charge in [0.25, 0.3) is 0 Å². The van der Waals surface area contributed by atoms with Gasteiger partial charge >= 0.3 is 18.0 Å². The van der Waals surface area contributed by atoms with Crippen LogP contribution in [0.4, 0.5) is 19.0 Å². The van der Waals surface area contributed by atoms with Gasteiger partial charge in [0.05, 0.1) is 12.1 Å². The van der Waals surface area contributed by atoms with E-state index in [1.54, 1.807) is 6.92 Å². The van der Waals surface area contributed by atoms with Gasteiger partial charge in [-0.05, 0) is 17.9 Å². The molecule has 1 unspecified atom stereocenters. The number of fused-ring (bicyclic) bond motifs is 1. The van der Waals surface area contributed by atoms with Gasteiger partial charge in [0.15, 0.2) is 5.60 Å². The van der Waals surface area contributed by atoms with Crippen molar-refractivity contribution in [1.29, 1.82) is 0 Å². The highest BCUT2D eigenvalue weighted by atomic mass is 19.4. The molecule has 1 atom stereocenters. The molecular weight excluding hydrogens is 333 g/mol. The smallest absolute Gasteiger partial charge is 0.417 e. The number of pyridine rings is 1. The predicted molar refractivity (Wildman–Crippen MR) is 72.6 cm³/mol. The number of aromatic nitrogens is 3. The maximum absolute atomic E-state index is 12.5. The molecule has 128 valence electrons. The highest BCUT2D eigenvalue weighted by molar-refractivity contribution is 5.24. The first-order valence-electron chi connectivity index (χ1n) is 6.73. The quantitative estimate of drug-likeness (QED) is 0.625. The molecule has 11 heteroatoms. The van der Waals surface area contributed by atoms with Crippen molar-refractivity contribution in [3.8, 4) is 11.9 Å². The molecule has 24 heavy (non-hydrogen) atoms. The second-order valence-electron chi connectivity index (χ2n) is 5.49. The van der Waals surface area contributed by atoms with Crippen molar-refractivity contribution in [3.63, 3.8) is 0 Å². The Labute approximate surface area is 133 Å². The van der Waals surface area contributed by atoms with E-state index in [1.807, 2.05) is 0 Å². The van der Waals surface area contributed by atoms with Crippen molar-refractivity contribution in [1.82, 2.24) is 14.5 Å². The van der Waals surface area contributed by atoms with Crippen molar-refractivity contribution in [3.05, 3.63) is 40.2 Å². The third kappa shape index (κ3) is 3.09. The number of alkyl halides is 3. The minimum absolute atomic E-state index is 0.0114. The molecule has 0 aliphatic carbocycles. The minimum atomic E-state index is -4.46. The van der Waals surface area contributed by atoms with E-state index >= 15 is 0 Å². The molecule has 0 N–H and O–H groups in total. The summed E-state index contributed by atoms with van der Waals surface area (Å²) in [5.74, 6) is -0.305. The third-order valence-corrected chi connectivity index (χ3v) is 3.35. The fraction of sp³-hybridized carbons (Fsp3) is 0.385. The molecule has 2 aromatic rings. The molecule has 0 aromatic carbocycles. The largest absolute Gasteiger partial charge is 0.473 e. The molecule has 0 radical (unpaired) electrons. The number of hydrogen-bond donors (Lipinski definition) is 0. The van der Waals surface area contributed by atoms with Crippen LogP contribution in [0.25, 0.3) is 0 Å². The highest BCUT2D eigenvalue weighted by Gasteiger charge is 2.41. The summed E-state index contributed by atoms with van der Waals surface area (Å²) in [6.45, 7) is 1.93. The number of ether oxygens (including phenoxy) is 2. The van der Waals surface area contributed by atoms with Crippen LogP contribution in [-0.4, -0.2) is 31.7 Å². The van der Waals surface area contributed by atoms with E-state index in [-0.39, 0.29) is 30.9 Å². The average Bonchev–Trinajstić information content (AvgIpc) is 3.00. The Balaban J connectivity index is 1.63. The first kappa shape index (κ1) is 16.0. The van der Waals surface area contributed by atoms with Crippen LogP contribution in [0.3, 0.4) is 0 Å². The fourth-order valence-electron chi connectivity index (χ4n) is 2.22. The topological polar surface area (TPSA) is 92.3 Å². The number of halogens is 3. The van der Waals surface area contributed by atoms with Gasteiger partial charge in [-0.3, -0.25) is 4.57 Å². The molecule has 3 heterocycles. The summed E-state index contributed by atoms with van der Waals surface area (Å²) in [6.07, 6.45) is -2.53. The molecule has 3 rings (SSSR count). The van der Waals surface area contributed by atoms with Gasteiger partial charge in [-0.2, -0.15) is 13.2 Å². The van der Waals surface area contributed by atoms with E-state index in [4.69, 9.17) is 9.47 Å². The van der Waals surface area contributed by atoms with Crippen molar-refractivity contribution in [2.45, 2.75) is 25.2 Å².